The maximum Gasteiger partial charge on any atom is 0.265 e. The predicted molar refractivity (Wildman–Crippen MR) is 199 cm³/mol. The number of carbonyl (C=O) groups is 3. The number of hydrogen-bond acceptors (Lipinski definition) is 10. The van der Waals surface area contributed by atoms with Crippen LogP contribution in [0.25, 0.3) is 0 Å². The van der Waals surface area contributed by atoms with Gasteiger partial charge >= 0.3 is 0 Å². The molecule has 1 aliphatic heterocycles. The molecule has 282 valence electrons. The molecular formula is C40H49FN4O7Si. The molecule has 0 spiro atoms. The molecule has 5 atom stereocenters. The van der Waals surface area contributed by atoms with Crippen LogP contribution in [-0.4, -0.2) is 85.2 Å². The van der Waals surface area contributed by atoms with Gasteiger partial charge in [0.05, 0.1) is 12.1 Å². The van der Waals surface area contributed by atoms with Crippen LogP contribution in [0.5, 0.6) is 5.88 Å². The number of rotatable bonds is 8. The van der Waals surface area contributed by atoms with Crippen LogP contribution in [0.3, 0.4) is 0 Å². The van der Waals surface area contributed by atoms with Gasteiger partial charge in [0.2, 0.25) is 11.7 Å². The molecule has 2 aromatic carbocycles. The van der Waals surface area contributed by atoms with E-state index in [9.17, 15) is 14.7 Å². The highest BCUT2D eigenvalue weighted by molar-refractivity contribution is 6.74. The zero-order chi connectivity index (χ0) is 38.4. The summed E-state index contributed by atoms with van der Waals surface area (Å²) in [5.74, 6) is -3.58. The quantitative estimate of drug-likeness (QED) is 0.238. The zero-order valence-electron chi connectivity index (χ0n) is 31.9. The summed E-state index contributed by atoms with van der Waals surface area (Å²) in [5, 5.41) is 19.5. The van der Waals surface area contributed by atoms with Gasteiger partial charge in [-0.05, 0) is 99.3 Å². The van der Waals surface area contributed by atoms with E-state index in [1.807, 2.05) is 95.1 Å². The molecule has 3 aromatic rings. The molecule has 53 heavy (non-hydrogen) atoms. The van der Waals surface area contributed by atoms with Gasteiger partial charge in [-0.15, -0.1) is 0 Å². The Labute approximate surface area is 310 Å². The summed E-state index contributed by atoms with van der Waals surface area (Å²) in [4.78, 5) is 47.1. The molecule has 2 N–H and O–H groups in total. The van der Waals surface area contributed by atoms with Crippen molar-refractivity contribution in [3.63, 3.8) is 0 Å². The van der Waals surface area contributed by atoms with Crippen molar-refractivity contribution >= 4 is 31.5 Å². The second kappa shape index (κ2) is 13.0. The fourth-order valence-electron chi connectivity index (χ4n) is 8.36. The smallest absolute Gasteiger partial charge is 0.265 e. The number of anilines is 1. The van der Waals surface area contributed by atoms with E-state index >= 15 is 9.18 Å². The third kappa shape index (κ3) is 5.78. The number of nitrogens with zero attached hydrogens (tertiary/aromatic N) is 3. The Morgan fingerprint density at radius 2 is 1.89 bits per heavy atom. The van der Waals surface area contributed by atoms with Crippen LogP contribution in [0.1, 0.15) is 82.8 Å². The number of likely N-dealkylation sites (tertiary alicyclic amines) is 1. The minimum atomic E-state index is -2.91. The summed E-state index contributed by atoms with van der Waals surface area (Å²) in [6.07, 6.45) is 1.02. The Morgan fingerprint density at radius 1 is 1.19 bits per heavy atom. The molecular weight excluding hydrogens is 696 g/mol. The Bertz CT molecular complexity index is 2040. The number of halogens is 1. The molecule has 0 saturated carbocycles. The first-order valence-corrected chi connectivity index (χ1v) is 21.2. The van der Waals surface area contributed by atoms with Crippen molar-refractivity contribution in [2.24, 2.45) is 11.8 Å². The Hall–Kier alpha value is -4.17. The highest BCUT2D eigenvalue weighted by Crippen LogP contribution is 2.59. The van der Waals surface area contributed by atoms with Crippen LogP contribution in [0.4, 0.5) is 10.1 Å². The highest BCUT2D eigenvalue weighted by atomic mass is 28.4. The fraction of sp³-hybridized carbons (Fsp3) is 0.500. The lowest BCUT2D eigenvalue weighted by Crippen LogP contribution is -2.65. The summed E-state index contributed by atoms with van der Waals surface area (Å²) in [5.41, 5.74) is -0.107. The van der Waals surface area contributed by atoms with E-state index in [1.54, 1.807) is 6.92 Å². The normalized spacial score (nSPS) is 25.7. The fourth-order valence-corrected chi connectivity index (χ4v) is 9.81. The van der Waals surface area contributed by atoms with E-state index in [0.29, 0.717) is 17.7 Å². The molecule has 0 radical (unpaired) electrons. The number of carbonyl (C=O) groups excluding carboxylic acids is 3. The molecule has 7 rings (SSSR count). The second-order valence-corrected chi connectivity index (χ2v) is 21.6. The van der Waals surface area contributed by atoms with Gasteiger partial charge in [-0.2, -0.15) is 0 Å². The molecule has 3 aliphatic carbocycles. The van der Waals surface area contributed by atoms with Crippen LogP contribution >= 0.6 is 0 Å². The van der Waals surface area contributed by atoms with Crippen molar-refractivity contribution in [3.8, 4) is 5.88 Å². The third-order valence-electron chi connectivity index (χ3n) is 12.4. The summed E-state index contributed by atoms with van der Waals surface area (Å²) < 4.78 is 35.3. The second-order valence-electron chi connectivity index (χ2n) is 16.8. The topological polar surface area (TPSA) is 134 Å². The Kier molecular flexibility index (Phi) is 9.11. The first kappa shape index (κ1) is 37.2. The summed E-state index contributed by atoms with van der Waals surface area (Å²) in [7, 11) is 2.65. The average Bonchev–Trinajstić information content (AvgIpc) is 3.49. The molecule has 11 nitrogen and oxygen atoms in total. The van der Waals surface area contributed by atoms with Crippen LogP contribution in [0, 0.1) is 24.6 Å². The van der Waals surface area contributed by atoms with Crippen LogP contribution in [0.15, 0.2) is 52.3 Å². The lowest BCUT2D eigenvalue weighted by Gasteiger charge is -2.55. The number of likely N-dealkylation sites (N-methyl/N-ethyl adjacent to an activating group) is 1. The summed E-state index contributed by atoms with van der Waals surface area (Å²) in [6, 6.07) is 9.78. The molecule has 1 saturated heterocycles. The van der Waals surface area contributed by atoms with Crippen molar-refractivity contribution in [2.75, 3.05) is 33.0 Å². The predicted octanol–water partition coefficient (Wildman–Crippen LogP) is 6.79. The summed E-state index contributed by atoms with van der Waals surface area (Å²) in [6.45, 7) is 12.7. The Morgan fingerprint density at radius 3 is 2.49 bits per heavy atom. The number of nitrogens with one attached hydrogen (secondary N) is 1. The van der Waals surface area contributed by atoms with Gasteiger partial charge in [0.15, 0.2) is 25.5 Å². The number of Topliss-reactive ketones (excluding diaryl/α,β-unsaturated/α-hetero) is 2. The van der Waals surface area contributed by atoms with Gasteiger partial charge in [0.1, 0.15) is 23.7 Å². The molecule has 1 amide bonds. The van der Waals surface area contributed by atoms with Crippen LogP contribution in [0.2, 0.25) is 18.1 Å². The van der Waals surface area contributed by atoms with Gasteiger partial charge in [0.25, 0.3) is 5.88 Å². The SMILES string of the molecule is Cc1c(NC(=O)[C@@H]2CCN2C)cc(F)c2c1C(=O)C1=C(O)[C@]3(O[Si](C)(C)C(C)(C)C)C(=O)c4c(OCc5ccccc5)noc4[C@@H](N(C)C)[C@@H]3C[C@@H]1C2. The van der Waals surface area contributed by atoms with Crippen molar-refractivity contribution in [1.29, 1.82) is 0 Å². The number of hydrogen-bond donors (Lipinski definition) is 2. The molecule has 13 heteroatoms. The van der Waals surface area contributed by atoms with E-state index in [2.05, 4.69) is 10.5 Å². The molecule has 4 aliphatic rings. The number of ether oxygens (including phenoxy) is 1. The van der Waals surface area contributed by atoms with E-state index in [4.69, 9.17) is 13.7 Å². The number of aromatic nitrogens is 1. The van der Waals surface area contributed by atoms with Gasteiger partial charge < -0.3 is 24.1 Å². The number of allylic oxidation sites excluding steroid dienone is 1. The number of fused-ring (bicyclic) bond motifs is 4. The van der Waals surface area contributed by atoms with Crippen molar-refractivity contribution in [3.05, 3.63) is 87.1 Å². The minimum Gasteiger partial charge on any atom is -0.508 e. The maximum atomic E-state index is 16.1. The first-order chi connectivity index (χ1) is 24.9. The number of aliphatic hydroxyl groups excluding tert-OH is 1. The van der Waals surface area contributed by atoms with E-state index in [-0.39, 0.29) is 65.2 Å². The maximum absolute atomic E-state index is 16.1. The lowest BCUT2D eigenvalue weighted by molar-refractivity contribution is -0.124. The van der Waals surface area contributed by atoms with Crippen molar-refractivity contribution in [1.82, 2.24) is 15.0 Å². The van der Waals surface area contributed by atoms with Gasteiger partial charge in [-0.3, -0.25) is 24.2 Å². The standard InChI is InChI=1S/C40H49FN4O7Si/c1-21-27(42-37(49)28-15-16-45(28)7)19-26(41)24-17-23-18-25-32(44(5)6)34-31(38(43-51-34)50-20-22-13-11-10-12-14-22)36(48)40(25,52-53(8,9)39(2,3)4)35(47)30(23)33(46)29(21)24/h10-14,19,23,25,28,32,47H,15-18,20H2,1-9H3,(H,42,49)/t23-,25-,28-,32-,40-/m0/s1. The van der Waals surface area contributed by atoms with E-state index in [1.165, 1.54) is 6.07 Å². The van der Waals surface area contributed by atoms with Crippen LogP contribution in [-0.2, 0) is 22.2 Å². The van der Waals surface area contributed by atoms with E-state index in [0.717, 1.165) is 12.1 Å². The van der Waals surface area contributed by atoms with Crippen molar-refractivity contribution < 1.29 is 37.6 Å². The molecule has 2 heterocycles. The van der Waals surface area contributed by atoms with Gasteiger partial charge in [-0.1, -0.05) is 51.1 Å². The lowest BCUT2D eigenvalue weighted by atomic mass is 9.58. The number of amides is 1. The van der Waals surface area contributed by atoms with Gasteiger partial charge in [-0.25, -0.2) is 4.39 Å². The Balaban J connectivity index is 1.39. The van der Waals surface area contributed by atoms with E-state index < -0.39 is 60.0 Å². The van der Waals surface area contributed by atoms with Gasteiger partial charge in [0, 0.05) is 29.3 Å². The molecule has 1 fully saturated rings. The largest absolute Gasteiger partial charge is 0.508 e. The molecule has 1 aromatic heterocycles. The first-order valence-electron chi connectivity index (χ1n) is 18.3. The number of benzene rings is 2. The van der Waals surface area contributed by atoms with Crippen molar-refractivity contribution in [2.45, 2.75) is 89.4 Å². The summed E-state index contributed by atoms with van der Waals surface area (Å²) >= 11 is 0. The highest BCUT2D eigenvalue weighted by Gasteiger charge is 2.67. The van der Waals surface area contributed by atoms with Crippen LogP contribution < -0.4 is 10.1 Å². The third-order valence-corrected chi connectivity index (χ3v) is 16.8. The molecule has 0 bridgehead atoms. The average molecular weight is 745 g/mol. The zero-order valence-corrected chi connectivity index (χ0v) is 32.9. The number of ketones is 2. The number of aliphatic hydroxyl groups is 1. The minimum absolute atomic E-state index is 0.0204. The molecule has 0 unspecified atom stereocenters. The monoisotopic (exact) mass is 744 g/mol.